The van der Waals surface area contributed by atoms with E-state index in [4.69, 9.17) is 28.3 Å². The first-order valence-corrected chi connectivity index (χ1v) is 5.72. The molecule has 1 aliphatic rings. The van der Waals surface area contributed by atoms with E-state index in [1.165, 1.54) is 4.90 Å². The third kappa shape index (κ3) is 2.23. The summed E-state index contributed by atoms with van der Waals surface area (Å²) in [5.74, 6) is -1.64. The molecule has 6 heteroatoms. The van der Waals surface area contributed by atoms with Gasteiger partial charge in [-0.3, -0.25) is 9.59 Å². The van der Waals surface area contributed by atoms with Crippen molar-refractivity contribution in [1.29, 1.82) is 0 Å². The largest absolute Gasteiger partial charge is 0.481 e. The Morgan fingerprint density at radius 2 is 1.94 bits per heavy atom. The van der Waals surface area contributed by atoms with E-state index in [2.05, 4.69) is 0 Å². The van der Waals surface area contributed by atoms with Crippen LogP contribution in [0.5, 0.6) is 0 Å². The Morgan fingerprint density at radius 1 is 1.29 bits per heavy atom. The highest BCUT2D eigenvalue weighted by Gasteiger charge is 2.36. The molecule has 0 radical (unpaired) electrons. The van der Waals surface area contributed by atoms with E-state index in [-0.39, 0.29) is 24.0 Å². The number of halogens is 2. The summed E-state index contributed by atoms with van der Waals surface area (Å²) in [5.41, 5.74) is 0.308. The Hall–Kier alpha value is -1.26. The Morgan fingerprint density at radius 3 is 2.53 bits per heavy atom. The molecule has 1 saturated heterocycles. The number of nitrogens with zero attached hydrogens (tertiary/aromatic N) is 1. The lowest BCUT2D eigenvalue weighted by Crippen LogP contribution is -2.53. The predicted octanol–water partition coefficient (Wildman–Crippen LogP) is 2.15. The zero-order chi connectivity index (χ0) is 12.6. The maximum atomic E-state index is 12.0. The second kappa shape index (κ2) is 4.55. The van der Waals surface area contributed by atoms with E-state index in [9.17, 15) is 9.59 Å². The smallest absolute Gasteiger partial charge is 0.310 e. The number of hydrogen-bond donors (Lipinski definition) is 1. The van der Waals surface area contributed by atoms with E-state index in [0.29, 0.717) is 10.6 Å². The maximum Gasteiger partial charge on any atom is 0.310 e. The average Bonchev–Trinajstić information content (AvgIpc) is 2.19. The van der Waals surface area contributed by atoms with E-state index in [0.717, 1.165) is 0 Å². The summed E-state index contributed by atoms with van der Waals surface area (Å²) < 4.78 is 0. The SMILES string of the molecule is O=C(O)C1CN(C(=O)c2cccc(Cl)c2Cl)C1. The quantitative estimate of drug-likeness (QED) is 0.898. The van der Waals surface area contributed by atoms with Crippen molar-refractivity contribution in [3.05, 3.63) is 33.8 Å². The highest BCUT2D eigenvalue weighted by Crippen LogP contribution is 2.28. The number of benzene rings is 1. The number of carbonyl (C=O) groups is 2. The van der Waals surface area contributed by atoms with Crippen LogP contribution in [-0.2, 0) is 4.79 Å². The monoisotopic (exact) mass is 273 g/mol. The standard InChI is InChI=1S/C11H9Cl2NO3/c12-8-3-1-2-7(9(8)13)10(15)14-4-6(5-14)11(16)17/h1-3,6H,4-5H2,(H,16,17). The Bertz CT molecular complexity index is 484. The van der Waals surface area contributed by atoms with Crippen molar-refractivity contribution in [3.8, 4) is 0 Å². The second-order valence-corrected chi connectivity index (χ2v) is 4.63. The minimum Gasteiger partial charge on any atom is -0.481 e. The molecule has 17 heavy (non-hydrogen) atoms. The Labute approximate surface area is 108 Å². The van der Waals surface area contributed by atoms with Crippen LogP contribution in [0.4, 0.5) is 0 Å². The number of rotatable bonds is 2. The van der Waals surface area contributed by atoms with Gasteiger partial charge in [-0.25, -0.2) is 0 Å². The number of amides is 1. The molecule has 1 heterocycles. The van der Waals surface area contributed by atoms with Crippen LogP contribution in [0.15, 0.2) is 18.2 Å². The molecule has 90 valence electrons. The lowest BCUT2D eigenvalue weighted by molar-refractivity contribution is -0.146. The molecular weight excluding hydrogens is 265 g/mol. The van der Waals surface area contributed by atoms with E-state index in [1.54, 1.807) is 18.2 Å². The van der Waals surface area contributed by atoms with Crippen molar-refractivity contribution in [2.75, 3.05) is 13.1 Å². The molecule has 0 aromatic heterocycles. The fraction of sp³-hybridized carbons (Fsp3) is 0.273. The van der Waals surface area contributed by atoms with Gasteiger partial charge in [0.05, 0.1) is 21.5 Å². The minimum absolute atomic E-state index is 0.206. The summed E-state index contributed by atoms with van der Waals surface area (Å²) in [6.45, 7) is 0.439. The highest BCUT2D eigenvalue weighted by atomic mass is 35.5. The molecule has 1 aliphatic heterocycles. The molecule has 1 fully saturated rings. The molecule has 1 aromatic rings. The van der Waals surface area contributed by atoms with Crippen molar-refractivity contribution >= 4 is 35.1 Å². The van der Waals surface area contributed by atoms with Crippen LogP contribution >= 0.6 is 23.2 Å². The van der Waals surface area contributed by atoms with Crippen LogP contribution in [0.2, 0.25) is 10.0 Å². The first-order chi connectivity index (χ1) is 8.00. The molecule has 1 aromatic carbocycles. The van der Waals surface area contributed by atoms with Gasteiger partial charge in [0.1, 0.15) is 0 Å². The van der Waals surface area contributed by atoms with Gasteiger partial charge in [-0.05, 0) is 12.1 Å². The molecule has 4 nitrogen and oxygen atoms in total. The lowest BCUT2D eigenvalue weighted by Gasteiger charge is -2.36. The second-order valence-electron chi connectivity index (χ2n) is 3.85. The predicted molar refractivity (Wildman–Crippen MR) is 63.5 cm³/mol. The van der Waals surface area contributed by atoms with Gasteiger partial charge in [-0.1, -0.05) is 29.3 Å². The molecule has 2 rings (SSSR count). The molecule has 0 aliphatic carbocycles. The molecule has 0 saturated carbocycles. The van der Waals surface area contributed by atoms with Gasteiger partial charge in [0.2, 0.25) is 0 Å². The van der Waals surface area contributed by atoms with Crippen molar-refractivity contribution in [3.63, 3.8) is 0 Å². The average molecular weight is 274 g/mol. The Balaban J connectivity index is 2.12. The van der Waals surface area contributed by atoms with E-state index >= 15 is 0 Å². The van der Waals surface area contributed by atoms with Gasteiger partial charge >= 0.3 is 5.97 Å². The van der Waals surface area contributed by atoms with E-state index in [1.807, 2.05) is 0 Å². The number of carboxylic acids is 1. The summed E-state index contributed by atoms with van der Waals surface area (Å²) in [4.78, 5) is 24.0. The minimum atomic E-state index is -0.883. The zero-order valence-electron chi connectivity index (χ0n) is 8.69. The van der Waals surface area contributed by atoms with Crippen molar-refractivity contribution in [2.45, 2.75) is 0 Å². The molecule has 0 atom stereocenters. The Kier molecular flexibility index (Phi) is 3.26. The van der Waals surface area contributed by atoms with Crippen LogP contribution in [-0.4, -0.2) is 35.0 Å². The van der Waals surface area contributed by atoms with Crippen LogP contribution < -0.4 is 0 Å². The third-order valence-electron chi connectivity index (χ3n) is 2.70. The number of hydrogen-bond acceptors (Lipinski definition) is 2. The molecule has 0 bridgehead atoms. The van der Waals surface area contributed by atoms with Crippen LogP contribution in [0.1, 0.15) is 10.4 Å². The van der Waals surface area contributed by atoms with Gasteiger partial charge in [0.15, 0.2) is 0 Å². The third-order valence-corrected chi connectivity index (χ3v) is 3.52. The highest BCUT2D eigenvalue weighted by molar-refractivity contribution is 6.43. The molecule has 0 unspecified atom stereocenters. The summed E-state index contributed by atoms with van der Waals surface area (Å²) in [6, 6.07) is 4.80. The maximum absolute atomic E-state index is 12.0. The molecular formula is C11H9Cl2NO3. The normalized spacial score (nSPS) is 15.5. The van der Waals surface area contributed by atoms with Gasteiger partial charge in [0, 0.05) is 13.1 Å². The summed E-state index contributed by atoms with van der Waals surface area (Å²) in [6.07, 6.45) is 0. The van der Waals surface area contributed by atoms with Crippen molar-refractivity contribution < 1.29 is 14.7 Å². The summed E-state index contributed by atoms with van der Waals surface area (Å²) in [5, 5.41) is 9.24. The molecule has 0 spiro atoms. The van der Waals surface area contributed by atoms with Crippen molar-refractivity contribution in [1.82, 2.24) is 4.90 Å². The van der Waals surface area contributed by atoms with E-state index < -0.39 is 11.9 Å². The van der Waals surface area contributed by atoms with Gasteiger partial charge in [-0.2, -0.15) is 0 Å². The zero-order valence-corrected chi connectivity index (χ0v) is 10.2. The van der Waals surface area contributed by atoms with Gasteiger partial charge in [-0.15, -0.1) is 0 Å². The summed E-state index contributed by atoms with van der Waals surface area (Å²) >= 11 is 11.7. The first kappa shape index (κ1) is 12.2. The summed E-state index contributed by atoms with van der Waals surface area (Å²) in [7, 11) is 0. The van der Waals surface area contributed by atoms with Crippen LogP contribution in [0.25, 0.3) is 0 Å². The van der Waals surface area contributed by atoms with Gasteiger partial charge < -0.3 is 10.0 Å². The van der Waals surface area contributed by atoms with Gasteiger partial charge in [0.25, 0.3) is 5.91 Å². The topological polar surface area (TPSA) is 57.6 Å². The number of carboxylic acid groups (broad SMARTS) is 1. The lowest BCUT2D eigenvalue weighted by atomic mass is 9.99. The fourth-order valence-corrected chi connectivity index (χ4v) is 2.02. The fourth-order valence-electron chi connectivity index (χ4n) is 1.64. The molecule has 1 amide bonds. The van der Waals surface area contributed by atoms with Crippen molar-refractivity contribution in [2.24, 2.45) is 5.92 Å². The van der Waals surface area contributed by atoms with Crippen LogP contribution in [0.3, 0.4) is 0 Å². The van der Waals surface area contributed by atoms with Crippen LogP contribution in [0, 0.1) is 5.92 Å². The number of carbonyl (C=O) groups excluding carboxylic acids is 1. The first-order valence-electron chi connectivity index (χ1n) is 4.97. The molecule has 1 N–H and O–H groups in total. The number of likely N-dealkylation sites (tertiary alicyclic amines) is 1. The number of aliphatic carboxylic acids is 1.